The van der Waals surface area contributed by atoms with Gasteiger partial charge in [-0.2, -0.15) is 0 Å². The summed E-state index contributed by atoms with van der Waals surface area (Å²) in [7, 11) is 0. The number of piperidine rings is 1. The molecule has 2 aliphatic rings. The molecule has 0 unspecified atom stereocenters. The van der Waals surface area contributed by atoms with Crippen LogP contribution in [0.5, 0.6) is 0 Å². The number of hydrogen-bond acceptors (Lipinski definition) is 3. The Morgan fingerprint density at radius 1 is 1.12 bits per heavy atom. The Hall–Kier alpha value is -1.12. The highest BCUT2D eigenvalue weighted by Crippen LogP contribution is 2.52. The number of rotatable bonds is 1. The molecule has 1 saturated carbocycles. The Labute approximate surface area is 96.9 Å². The van der Waals surface area contributed by atoms with E-state index in [0.29, 0.717) is 5.41 Å². The highest BCUT2D eigenvalue weighted by atomic mass is 15.3. The SMILES string of the molecule is Cc1cc(C)nc(N2CCCC3(CC3)C2)n1. The van der Waals surface area contributed by atoms with Gasteiger partial charge in [0.15, 0.2) is 0 Å². The molecule has 2 fully saturated rings. The lowest BCUT2D eigenvalue weighted by Gasteiger charge is -2.33. The number of aryl methyl sites for hydroxylation is 2. The summed E-state index contributed by atoms with van der Waals surface area (Å²) < 4.78 is 0. The van der Waals surface area contributed by atoms with E-state index in [4.69, 9.17) is 0 Å². The standard InChI is InChI=1S/C13H19N3/c1-10-8-11(2)15-12(14-10)16-7-3-4-13(9-16)5-6-13/h8H,3-7,9H2,1-2H3. The van der Waals surface area contributed by atoms with Crippen molar-refractivity contribution in [2.75, 3.05) is 18.0 Å². The molecule has 1 spiro atoms. The van der Waals surface area contributed by atoms with Gasteiger partial charge in [0.1, 0.15) is 0 Å². The molecule has 16 heavy (non-hydrogen) atoms. The van der Waals surface area contributed by atoms with Crippen LogP contribution < -0.4 is 4.90 Å². The average Bonchev–Trinajstić information content (AvgIpc) is 2.96. The van der Waals surface area contributed by atoms with Gasteiger partial charge in [-0.15, -0.1) is 0 Å². The average molecular weight is 217 g/mol. The van der Waals surface area contributed by atoms with Crippen molar-refractivity contribution in [1.29, 1.82) is 0 Å². The topological polar surface area (TPSA) is 29.0 Å². The largest absolute Gasteiger partial charge is 0.340 e. The second-order valence-corrected chi connectivity index (χ2v) is 5.48. The summed E-state index contributed by atoms with van der Waals surface area (Å²) in [5.41, 5.74) is 2.80. The number of anilines is 1. The van der Waals surface area contributed by atoms with Crippen LogP contribution >= 0.6 is 0 Å². The van der Waals surface area contributed by atoms with Gasteiger partial charge >= 0.3 is 0 Å². The van der Waals surface area contributed by atoms with E-state index in [1.807, 2.05) is 6.07 Å². The fourth-order valence-electron chi connectivity index (χ4n) is 2.81. The Bertz CT molecular complexity index is 389. The van der Waals surface area contributed by atoms with Crippen LogP contribution in [0, 0.1) is 19.3 Å². The van der Waals surface area contributed by atoms with E-state index in [1.54, 1.807) is 0 Å². The first-order chi connectivity index (χ1) is 7.67. The summed E-state index contributed by atoms with van der Waals surface area (Å²) in [4.78, 5) is 11.5. The van der Waals surface area contributed by atoms with Crippen molar-refractivity contribution in [3.05, 3.63) is 17.5 Å². The molecule has 0 atom stereocenters. The van der Waals surface area contributed by atoms with E-state index in [1.165, 1.54) is 32.2 Å². The quantitative estimate of drug-likeness (QED) is 0.723. The second-order valence-electron chi connectivity index (χ2n) is 5.48. The maximum absolute atomic E-state index is 4.57. The minimum Gasteiger partial charge on any atom is -0.340 e. The maximum atomic E-state index is 4.57. The summed E-state index contributed by atoms with van der Waals surface area (Å²) in [5.74, 6) is 0.948. The molecule has 2 heterocycles. The summed E-state index contributed by atoms with van der Waals surface area (Å²) in [5, 5.41) is 0. The molecule has 0 amide bonds. The van der Waals surface area contributed by atoms with Gasteiger partial charge in [-0.05, 0) is 51.0 Å². The molecule has 0 bridgehead atoms. The molecular formula is C13H19N3. The zero-order valence-corrected chi connectivity index (χ0v) is 10.2. The second kappa shape index (κ2) is 3.44. The molecule has 1 aliphatic heterocycles. The summed E-state index contributed by atoms with van der Waals surface area (Å²) in [6, 6.07) is 2.04. The van der Waals surface area contributed by atoms with Gasteiger partial charge in [-0.3, -0.25) is 0 Å². The highest BCUT2D eigenvalue weighted by molar-refractivity contribution is 5.34. The smallest absolute Gasteiger partial charge is 0.225 e. The molecule has 1 aromatic rings. The lowest BCUT2D eigenvalue weighted by atomic mass is 9.95. The van der Waals surface area contributed by atoms with Crippen LogP contribution in [-0.4, -0.2) is 23.1 Å². The van der Waals surface area contributed by atoms with Gasteiger partial charge in [-0.1, -0.05) is 0 Å². The van der Waals surface area contributed by atoms with Crippen molar-refractivity contribution in [1.82, 2.24) is 9.97 Å². The first kappa shape index (κ1) is 10.1. The van der Waals surface area contributed by atoms with Gasteiger partial charge in [-0.25, -0.2) is 9.97 Å². The summed E-state index contributed by atoms with van der Waals surface area (Å²) in [6.07, 6.45) is 5.53. The van der Waals surface area contributed by atoms with Crippen LogP contribution in [0.25, 0.3) is 0 Å². The predicted octanol–water partition coefficient (Wildman–Crippen LogP) is 2.47. The highest BCUT2D eigenvalue weighted by Gasteiger charge is 2.45. The Kier molecular flexibility index (Phi) is 2.16. The molecule has 0 N–H and O–H groups in total. The summed E-state index contributed by atoms with van der Waals surface area (Å²) in [6.45, 7) is 6.41. The van der Waals surface area contributed by atoms with Crippen LogP contribution in [-0.2, 0) is 0 Å². The van der Waals surface area contributed by atoms with Crippen molar-refractivity contribution in [3.8, 4) is 0 Å². The number of hydrogen-bond donors (Lipinski definition) is 0. The minimum absolute atomic E-state index is 0.638. The molecule has 0 radical (unpaired) electrons. The zero-order chi connectivity index (χ0) is 11.2. The third kappa shape index (κ3) is 1.79. The van der Waals surface area contributed by atoms with Crippen molar-refractivity contribution >= 4 is 5.95 Å². The van der Waals surface area contributed by atoms with Crippen molar-refractivity contribution in [2.45, 2.75) is 39.5 Å². The van der Waals surface area contributed by atoms with E-state index >= 15 is 0 Å². The molecular weight excluding hydrogens is 198 g/mol. The van der Waals surface area contributed by atoms with E-state index in [0.717, 1.165) is 23.9 Å². The molecule has 3 heteroatoms. The van der Waals surface area contributed by atoms with E-state index in [-0.39, 0.29) is 0 Å². The molecule has 3 rings (SSSR count). The third-order valence-corrected chi connectivity index (χ3v) is 3.87. The van der Waals surface area contributed by atoms with Crippen molar-refractivity contribution < 1.29 is 0 Å². The summed E-state index contributed by atoms with van der Waals surface area (Å²) >= 11 is 0. The van der Waals surface area contributed by atoms with E-state index in [9.17, 15) is 0 Å². The Morgan fingerprint density at radius 2 is 1.81 bits per heavy atom. The van der Waals surface area contributed by atoms with Gasteiger partial charge in [0.25, 0.3) is 0 Å². The van der Waals surface area contributed by atoms with Crippen LogP contribution in [0.2, 0.25) is 0 Å². The Balaban J connectivity index is 1.85. The molecule has 86 valence electrons. The molecule has 0 aromatic carbocycles. The number of aromatic nitrogens is 2. The monoisotopic (exact) mass is 217 g/mol. The van der Waals surface area contributed by atoms with Crippen molar-refractivity contribution in [3.63, 3.8) is 0 Å². The molecule has 1 aliphatic carbocycles. The zero-order valence-electron chi connectivity index (χ0n) is 10.2. The van der Waals surface area contributed by atoms with Crippen LogP contribution in [0.15, 0.2) is 6.07 Å². The van der Waals surface area contributed by atoms with Crippen LogP contribution in [0.3, 0.4) is 0 Å². The lowest BCUT2D eigenvalue weighted by molar-refractivity contribution is 0.391. The predicted molar refractivity (Wildman–Crippen MR) is 64.6 cm³/mol. The van der Waals surface area contributed by atoms with Crippen molar-refractivity contribution in [2.24, 2.45) is 5.41 Å². The van der Waals surface area contributed by atoms with Gasteiger partial charge in [0.05, 0.1) is 0 Å². The van der Waals surface area contributed by atoms with E-state index in [2.05, 4.69) is 28.7 Å². The molecule has 3 nitrogen and oxygen atoms in total. The van der Waals surface area contributed by atoms with Gasteiger partial charge < -0.3 is 4.90 Å². The first-order valence-electron chi connectivity index (χ1n) is 6.24. The number of nitrogens with zero attached hydrogens (tertiary/aromatic N) is 3. The molecule has 1 aromatic heterocycles. The van der Waals surface area contributed by atoms with E-state index < -0.39 is 0 Å². The van der Waals surface area contributed by atoms with Crippen LogP contribution in [0.1, 0.15) is 37.1 Å². The van der Waals surface area contributed by atoms with Gasteiger partial charge in [0.2, 0.25) is 5.95 Å². The van der Waals surface area contributed by atoms with Crippen LogP contribution in [0.4, 0.5) is 5.95 Å². The minimum atomic E-state index is 0.638. The first-order valence-corrected chi connectivity index (χ1v) is 6.24. The lowest BCUT2D eigenvalue weighted by Crippen LogP contribution is -2.37. The Morgan fingerprint density at radius 3 is 2.44 bits per heavy atom. The van der Waals surface area contributed by atoms with Gasteiger partial charge in [0, 0.05) is 24.5 Å². The molecule has 1 saturated heterocycles. The fraction of sp³-hybridized carbons (Fsp3) is 0.692. The fourth-order valence-corrected chi connectivity index (χ4v) is 2.81. The normalized spacial score (nSPS) is 22.5. The maximum Gasteiger partial charge on any atom is 0.225 e. The third-order valence-electron chi connectivity index (χ3n) is 3.87.